The van der Waals surface area contributed by atoms with Crippen LogP contribution in [0.2, 0.25) is 0 Å². The number of amides is 1. The Balaban J connectivity index is 2.04. The van der Waals surface area contributed by atoms with Gasteiger partial charge >= 0.3 is 5.97 Å². The Hall–Kier alpha value is -2.19. The van der Waals surface area contributed by atoms with Gasteiger partial charge in [-0.25, -0.2) is 8.42 Å². The van der Waals surface area contributed by atoms with Crippen molar-refractivity contribution in [3.63, 3.8) is 0 Å². The van der Waals surface area contributed by atoms with Crippen molar-refractivity contribution < 1.29 is 22.7 Å². The largest absolute Gasteiger partial charge is 0.469 e. The molecule has 8 heteroatoms. The lowest BCUT2D eigenvalue weighted by molar-refractivity contribution is -0.146. The van der Waals surface area contributed by atoms with Crippen LogP contribution in [-0.4, -0.2) is 62.8 Å². The number of ether oxygens (including phenoxy) is 1. The van der Waals surface area contributed by atoms with E-state index in [0.29, 0.717) is 19.6 Å². The molecule has 1 aliphatic rings. The van der Waals surface area contributed by atoms with E-state index in [0.717, 1.165) is 31.2 Å². The molecule has 1 aromatic rings. The van der Waals surface area contributed by atoms with Crippen molar-refractivity contribution in [2.45, 2.75) is 44.4 Å². The summed E-state index contributed by atoms with van der Waals surface area (Å²) in [5, 5.41) is 0. The number of carbonyl (C=O) groups excluding carboxylic acids is 2. The summed E-state index contributed by atoms with van der Waals surface area (Å²) in [5.74, 6) is -0.975. The standard InChI is InChI=1S/C22H32N2O5S/c1-4-23(17-18(2)22(26)29-3)21(25)14-11-19-9-12-20(13-10-19)30(27,28)24-15-7-5-6-8-16-24/h9-14,18H,4-8,15-17H2,1-3H3/b14-11+. The third-order valence-electron chi connectivity index (χ3n) is 5.29. The van der Waals surface area contributed by atoms with Gasteiger partial charge in [-0.2, -0.15) is 4.31 Å². The van der Waals surface area contributed by atoms with Gasteiger partial charge in [0.2, 0.25) is 15.9 Å². The quantitative estimate of drug-likeness (QED) is 0.462. The molecule has 30 heavy (non-hydrogen) atoms. The van der Waals surface area contributed by atoms with Gasteiger partial charge in [-0.05, 0) is 43.5 Å². The highest BCUT2D eigenvalue weighted by Crippen LogP contribution is 2.21. The average molecular weight is 437 g/mol. The predicted octanol–water partition coefficient (Wildman–Crippen LogP) is 2.92. The highest BCUT2D eigenvalue weighted by Gasteiger charge is 2.25. The Morgan fingerprint density at radius 3 is 2.27 bits per heavy atom. The fraction of sp³-hybridized carbons (Fsp3) is 0.545. The maximum absolute atomic E-state index is 12.8. The van der Waals surface area contributed by atoms with Crippen molar-refractivity contribution in [1.29, 1.82) is 0 Å². The Morgan fingerprint density at radius 2 is 1.73 bits per heavy atom. The number of nitrogens with zero attached hydrogens (tertiary/aromatic N) is 2. The molecule has 1 heterocycles. The van der Waals surface area contributed by atoms with Crippen LogP contribution in [-0.2, 0) is 24.3 Å². The summed E-state index contributed by atoms with van der Waals surface area (Å²) in [4.78, 5) is 25.9. The number of methoxy groups -OCH3 is 1. The predicted molar refractivity (Wildman–Crippen MR) is 116 cm³/mol. The molecule has 0 saturated carbocycles. The highest BCUT2D eigenvalue weighted by molar-refractivity contribution is 7.89. The zero-order valence-corrected chi connectivity index (χ0v) is 18.9. The molecule has 0 N–H and O–H groups in total. The number of hydrogen-bond donors (Lipinski definition) is 0. The van der Waals surface area contributed by atoms with Gasteiger partial charge in [0.05, 0.1) is 17.9 Å². The first kappa shape index (κ1) is 24.1. The third-order valence-corrected chi connectivity index (χ3v) is 7.21. The van der Waals surface area contributed by atoms with Gasteiger partial charge < -0.3 is 9.64 Å². The maximum atomic E-state index is 12.8. The summed E-state index contributed by atoms with van der Waals surface area (Å²) >= 11 is 0. The summed E-state index contributed by atoms with van der Waals surface area (Å²) in [6, 6.07) is 6.56. The first-order valence-electron chi connectivity index (χ1n) is 10.4. The molecular formula is C22H32N2O5S. The molecule has 7 nitrogen and oxygen atoms in total. The number of benzene rings is 1. The molecule has 1 atom stereocenters. The van der Waals surface area contributed by atoms with E-state index < -0.39 is 15.9 Å². The van der Waals surface area contributed by atoms with Gasteiger partial charge in [-0.1, -0.05) is 31.9 Å². The molecular weight excluding hydrogens is 404 g/mol. The van der Waals surface area contributed by atoms with Crippen molar-refractivity contribution in [3.05, 3.63) is 35.9 Å². The maximum Gasteiger partial charge on any atom is 0.310 e. The first-order valence-corrected chi connectivity index (χ1v) is 11.9. The SMILES string of the molecule is CCN(CC(C)C(=O)OC)C(=O)/C=C/c1ccc(S(=O)(=O)N2CCCCCC2)cc1. The van der Waals surface area contributed by atoms with Gasteiger partial charge in [0.25, 0.3) is 0 Å². The van der Waals surface area contributed by atoms with Gasteiger partial charge in [0.15, 0.2) is 0 Å². The lowest BCUT2D eigenvalue weighted by atomic mass is 10.1. The summed E-state index contributed by atoms with van der Waals surface area (Å²) in [6.07, 6.45) is 7.01. The highest BCUT2D eigenvalue weighted by atomic mass is 32.2. The van der Waals surface area contributed by atoms with Crippen molar-refractivity contribution in [2.75, 3.05) is 33.3 Å². The van der Waals surface area contributed by atoms with E-state index in [2.05, 4.69) is 0 Å². The van der Waals surface area contributed by atoms with Crippen LogP contribution in [0.15, 0.2) is 35.2 Å². The summed E-state index contributed by atoms with van der Waals surface area (Å²) in [7, 11) is -2.16. The van der Waals surface area contributed by atoms with Crippen LogP contribution < -0.4 is 0 Å². The smallest absolute Gasteiger partial charge is 0.310 e. The molecule has 1 amide bonds. The molecule has 2 rings (SSSR count). The molecule has 1 saturated heterocycles. The Bertz CT molecular complexity index is 841. The van der Waals surface area contributed by atoms with Gasteiger partial charge in [0, 0.05) is 32.3 Å². The van der Waals surface area contributed by atoms with E-state index >= 15 is 0 Å². The number of rotatable bonds is 8. The zero-order chi connectivity index (χ0) is 22.1. The van der Waals surface area contributed by atoms with E-state index in [1.54, 1.807) is 46.5 Å². The molecule has 1 aliphatic heterocycles. The van der Waals surface area contributed by atoms with Crippen LogP contribution in [0.3, 0.4) is 0 Å². The fourth-order valence-electron chi connectivity index (χ4n) is 3.44. The van der Waals surface area contributed by atoms with Gasteiger partial charge in [-0.3, -0.25) is 9.59 Å². The summed E-state index contributed by atoms with van der Waals surface area (Å²) in [6.45, 7) is 5.44. The minimum absolute atomic E-state index is 0.213. The van der Waals surface area contributed by atoms with Crippen LogP contribution in [0.25, 0.3) is 6.08 Å². The number of hydrogen-bond acceptors (Lipinski definition) is 5. The van der Waals surface area contributed by atoms with Gasteiger partial charge in [0.1, 0.15) is 0 Å². The van der Waals surface area contributed by atoms with Crippen molar-refractivity contribution in [3.8, 4) is 0 Å². The summed E-state index contributed by atoms with van der Waals surface area (Å²) in [5.41, 5.74) is 0.732. The van der Waals surface area contributed by atoms with E-state index in [9.17, 15) is 18.0 Å². The molecule has 166 valence electrons. The minimum Gasteiger partial charge on any atom is -0.469 e. The summed E-state index contributed by atoms with van der Waals surface area (Å²) < 4.78 is 31.9. The van der Waals surface area contributed by atoms with Crippen molar-refractivity contribution in [2.24, 2.45) is 5.92 Å². The number of sulfonamides is 1. The second-order valence-electron chi connectivity index (χ2n) is 7.52. The molecule has 0 bridgehead atoms. The van der Waals surface area contributed by atoms with Crippen molar-refractivity contribution >= 4 is 28.0 Å². The first-order chi connectivity index (χ1) is 14.3. The van der Waals surface area contributed by atoms with Crippen LogP contribution in [0.5, 0.6) is 0 Å². The lowest BCUT2D eigenvalue weighted by Crippen LogP contribution is -2.36. The molecule has 0 radical (unpaired) electrons. The van der Waals surface area contributed by atoms with Gasteiger partial charge in [-0.15, -0.1) is 0 Å². The molecule has 0 aromatic heterocycles. The topological polar surface area (TPSA) is 84.0 Å². The van der Waals surface area contributed by atoms with E-state index in [1.807, 2.05) is 6.92 Å². The number of likely N-dealkylation sites (N-methyl/N-ethyl adjacent to an activating group) is 1. The zero-order valence-electron chi connectivity index (χ0n) is 18.0. The normalized spacial score (nSPS) is 16.8. The monoisotopic (exact) mass is 436 g/mol. The van der Waals surface area contributed by atoms with Crippen LogP contribution >= 0.6 is 0 Å². The second-order valence-corrected chi connectivity index (χ2v) is 9.46. The van der Waals surface area contributed by atoms with E-state index in [1.165, 1.54) is 13.2 Å². The molecule has 0 spiro atoms. The van der Waals surface area contributed by atoms with Crippen LogP contribution in [0, 0.1) is 5.92 Å². The fourth-order valence-corrected chi connectivity index (χ4v) is 4.95. The number of esters is 1. The van der Waals surface area contributed by atoms with Crippen LogP contribution in [0.1, 0.15) is 45.1 Å². The third kappa shape index (κ3) is 6.40. The lowest BCUT2D eigenvalue weighted by Gasteiger charge is -2.22. The van der Waals surface area contributed by atoms with E-state index in [4.69, 9.17) is 4.74 Å². The Morgan fingerprint density at radius 1 is 1.13 bits per heavy atom. The van der Waals surface area contributed by atoms with Crippen LogP contribution in [0.4, 0.5) is 0 Å². The average Bonchev–Trinajstić information content (AvgIpc) is 3.05. The molecule has 0 aliphatic carbocycles. The molecule has 1 fully saturated rings. The molecule has 1 unspecified atom stereocenters. The molecule has 1 aromatic carbocycles. The van der Waals surface area contributed by atoms with Crippen molar-refractivity contribution in [1.82, 2.24) is 9.21 Å². The van der Waals surface area contributed by atoms with E-state index in [-0.39, 0.29) is 23.3 Å². The Kier molecular flexibility index (Phi) is 9.05. The minimum atomic E-state index is -3.48. The number of carbonyl (C=O) groups is 2. The Labute approximate surface area is 179 Å². The second kappa shape index (κ2) is 11.3.